The van der Waals surface area contributed by atoms with Crippen LogP contribution in [0.3, 0.4) is 0 Å². The van der Waals surface area contributed by atoms with E-state index < -0.39 is 6.17 Å². The number of nitrogens with one attached hydrogen (secondary N) is 3. The summed E-state index contributed by atoms with van der Waals surface area (Å²) in [6.07, 6.45) is 9.04. The Morgan fingerprint density at radius 1 is 1.06 bits per heavy atom. The van der Waals surface area contributed by atoms with Crippen molar-refractivity contribution in [3.63, 3.8) is 0 Å². The van der Waals surface area contributed by atoms with Crippen LogP contribution in [0.4, 0.5) is 10.1 Å². The van der Waals surface area contributed by atoms with E-state index in [1.54, 1.807) is 0 Å². The average Bonchev–Trinajstić information content (AvgIpc) is 3.14. The fraction of sp³-hybridized carbons (Fsp3) is 0.500. The molecule has 5 nitrogen and oxygen atoms in total. The molecular formula is C30H35FN4O. The quantitative estimate of drug-likeness (QED) is 0.586. The minimum atomic E-state index is -0.664. The summed E-state index contributed by atoms with van der Waals surface area (Å²) >= 11 is 0. The fourth-order valence-electron chi connectivity index (χ4n) is 7.59. The molecule has 0 bridgehead atoms. The largest absolute Gasteiger partial charge is 0.325 e. The van der Waals surface area contributed by atoms with Gasteiger partial charge in [0.1, 0.15) is 6.17 Å². The van der Waals surface area contributed by atoms with E-state index in [1.165, 1.54) is 29.5 Å². The molecule has 7 atom stereocenters. The van der Waals surface area contributed by atoms with Gasteiger partial charge in [-0.3, -0.25) is 20.5 Å². The smallest absolute Gasteiger partial charge is 0.235 e. The number of benzene rings is 2. The van der Waals surface area contributed by atoms with Gasteiger partial charge < -0.3 is 5.32 Å². The number of carbonyl (C=O) groups is 1. The Balaban J connectivity index is 0.959. The lowest BCUT2D eigenvalue weighted by Crippen LogP contribution is -2.37. The molecule has 1 spiro atoms. The number of fused-ring (bicyclic) bond motifs is 3. The maximum Gasteiger partial charge on any atom is 0.235 e. The molecule has 6 heteroatoms. The van der Waals surface area contributed by atoms with Crippen molar-refractivity contribution < 1.29 is 9.18 Å². The third-order valence-electron chi connectivity index (χ3n) is 9.58. The van der Waals surface area contributed by atoms with E-state index in [0.717, 1.165) is 31.6 Å². The van der Waals surface area contributed by atoms with Crippen molar-refractivity contribution in [1.82, 2.24) is 15.8 Å². The summed E-state index contributed by atoms with van der Waals surface area (Å²) in [5.74, 6) is 1.86. The number of hydrazine groups is 1. The molecule has 3 heterocycles. The molecule has 36 heavy (non-hydrogen) atoms. The predicted octanol–water partition coefficient (Wildman–Crippen LogP) is 4.41. The summed E-state index contributed by atoms with van der Waals surface area (Å²) in [6.45, 7) is 2.25. The van der Waals surface area contributed by atoms with Gasteiger partial charge in [0.25, 0.3) is 0 Å². The summed E-state index contributed by atoms with van der Waals surface area (Å²) in [4.78, 5) is 15.1. The van der Waals surface area contributed by atoms with Crippen LogP contribution in [0.1, 0.15) is 48.8 Å². The van der Waals surface area contributed by atoms with Crippen LogP contribution in [0.15, 0.2) is 54.6 Å². The molecule has 5 aliphatic rings. The number of nitrogens with zero attached hydrogens (tertiary/aromatic N) is 1. The minimum Gasteiger partial charge on any atom is -0.325 e. The van der Waals surface area contributed by atoms with E-state index in [4.69, 9.17) is 0 Å². The van der Waals surface area contributed by atoms with Crippen LogP contribution in [-0.4, -0.2) is 42.2 Å². The number of hydrogen-bond acceptors (Lipinski definition) is 4. The van der Waals surface area contributed by atoms with Gasteiger partial charge in [-0.05, 0) is 72.6 Å². The highest BCUT2D eigenvalue weighted by Gasteiger charge is 2.67. The van der Waals surface area contributed by atoms with Crippen LogP contribution in [-0.2, 0) is 16.8 Å². The van der Waals surface area contributed by atoms with Gasteiger partial charge in [0.15, 0.2) is 0 Å². The maximum atomic E-state index is 13.4. The highest BCUT2D eigenvalue weighted by Crippen LogP contribution is 2.64. The number of para-hydroxylation sites is 1. The van der Waals surface area contributed by atoms with Gasteiger partial charge in [-0.1, -0.05) is 54.6 Å². The van der Waals surface area contributed by atoms with Gasteiger partial charge in [0.2, 0.25) is 5.91 Å². The van der Waals surface area contributed by atoms with Crippen LogP contribution in [0.2, 0.25) is 0 Å². The van der Waals surface area contributed by atoms with Crippen molar-refractivity contribution in [1.29, 1.82) is 0 Å². The molecule has 2 aromatic carbocycles. The number of carbonyl (C=O) groups excluding carboxylic acids is 1. The number of alkyl halides is 1. The number of anilines is 1. The summed E-state index contributed by atoms with van der Waals surface area (Å²) in [6, 6.07) is 17.7. The van der Waals surface area contributed by atoms with Crippen LogP contribution in [0.5, 0.6) is 0 Å². The SMILES string of the molecule is O=C1Nc2ccccc2[C@]12C[C@H]2C1CCC2C(/C=C/c3ccc(CN4CC[C@@H](F)C4)cc3)NNC2C1. The van der Waals surface area contributed by atoms with Crippen molar-refractivity contribution in [3.05, 3.63) is 71.3 Å². The van der Waals surface area contributed by atoms with Crippen LogP contribution < -0.4 is 16.2 Å². The van der Waals surface area contributed by atoms with Crippen LogP contribution in [0, 0.1) is 17.8 Å². The molecule has 188 valence electrons. The summed E-state index contributed by atoms with van der Waals surface area (Å²) < 4.78 is 13.4. The van der Waals surface area contributed by atoms with Crippen LogP contribution >= 0.6 is 0 Å². The summed E-state index contributed by atoms with van der Waals surface area (Å²) in [5.41, 5.74) is 11.5. The third kappa shape index (κ3) is 3.82. The van der Waals surface area contributed by atoms with Crippen molar-refractivity contribution >= 4 is 17.7 Å². The number of amides is 1. The minimum absolute atomic E-state index is 0.215. The predicted molar refractivity (Wildman–Crippen MR) is 140 cm³/mol. The topological polar surface area (TPSA) is 56.4 Å². The average molecular weight is 487 g/mol. The number of rotatable bonds is 5. The van der Waals surface area contributed by atoms with E-state index in [9.17, 15) is 9.18 Å². The molecule has 4 unspecified atom stereocenters. The Kier molecular flexibility index (Phi) is 5.53. The van der Waals surface area contributed by atoms with Gasteiger partial charge in [-0.15, -0.1) is 0 Å². The third-order valence-corrected chi connectivity index (χ3v) is 9.58. The Bertz CT molecular complexity index is 1180. The number of likely N-dealkylation sites (tertiary alicyclic amines) is 1. The molecule has 2 aliphatic carbocycles. The Labute approximate surface area is 212 Å². The zero-order valence-electron chi connectivity index (χ0n) is 20.6. The fourth-order valence-corrected chi connectivity index (χ4v) is 7.59. The summed E-state index contributed by atoms with van der Waals surface area (Å²) in [5, 5.41) is 3.13. The van der Waals surface area contributed by atoms with Gasteiger partial charge >= 0.3 is 0 Å². The summed E-state index contributed by atoms with van der Waals surface area (Å²) in [7, 11) is 0. The first-order valence-corrected chi connectivity index (χ1v) is 13.7. The van der Waals surface area contributed by atoms with Gasteiger partial charge in [0, 0.05) is 37.4 Å². The maximum absolute atomic E-state index is 13.4. The van der Waals surface area contributed by atoms with E-state index in [1.807, 2.05) is 12.1 Å². The number of halogens is 1. The first kappa shape index (κ1) is 22.6. The van der Waals surface area contributed by atoms with E-state index >= 15 is 0 Å². The molecule has 0 aromatic heterocycles. The molecule has 3 N–H and O–H groups in total. The van der Waals surface area contributed by atoms with Gasteiger partial charge in [-0.25, -0.2) is 4.39 Å². The van der Waals surface area contributed by atoms with Crippen molar-refractivity contribution in [3.8, 4) is 0 Å². The second-order valence-electron chi connectivity index (χ2n) is 11.7. The van der Waals surface area contributed by atoms with Crippen molar-refractivity contribution in [2.45, 2.75) is 62.3 Å². The molecule has 7 rings (SSSR count). The van der Waals surface area contributed by atoms with Gasteiger partial charge in [-0.2, -0.15) is 0 Å². The molecule has 2 aromatic rings. The molecular weight excluding hydrogens is 451 g/mol. The van der Waals surface area contributed by atoms with E-state index in [-0.39, 0.29) is 11.3 Å². The molecule has 4 fully saturated rings. The Hall–Kier alpha value is -2.54. The molecule has 3 aliphatic heterocycles. The molecule has 2 saturated carbocycles. The Morgan fingerprint density at radius 2 is 1.92 bits per heavy atom. The highest BCUT2D eigenvalue weighted by molar-refractivity contribution is 6.08. The van der Waals surface area contributed by atoms with E-state index in [0.29, 0.717) is 42.8 Å². The first-order chi connectivity index (χ1) is 17.6. The monoisotopic (exact) mass is 486 g/mol. The Morgan fingerprint density at radius 3 is 2.75 bits per heavy atom. The lowest BCUT2D eigenvalue weighted by Gasteiger charge is -2.33. The first-order valence-electron chi connectivity index (χ1n) is 13.7. The normalized spacial score (nSPS) is 37.4. The van der Waals surface area contributed by atoms with E-state index in [2.05, 4.69) is 69.6 Å². The second-order valence-corrected chi connectivity index (χ2v) is 11.7. The zero-order valence-corrected chi connectivity index (χ0v) is 20.6. The zero-order chi connectivity index (χ0) is 24.3. The molecule has 1 amide bonds. The van der Waals surface area contributed by atoms with Gasteiger partial charge in [0.05, 0.1) is 5.41 Å². The standard InChI is InChI=1S/C30H35FN4O/c31-22-13-14-35(18-22)17-20-7-5-19(6-8-20)9-12-26-23-11-10-21(15-28(23)34-33-26)25-16-30(25)24-3-1-2-4-27(24)32-29(30)36/h1-9,12,21-23,25-26,28,33-34H,10-11,13-18H2,(H,32,36)/b12-9+/t21?,22-,23?,25+,26?,28?,30+/m1/s1. The van der Waals surface area contributed by atoms with Crippen molar-refractivity contribution in [2.75, 3.05) is 18.4 Å². The lowest BCUT2D eigenvalue weighted by molar-refractivity contribution is -0.118. The molecule has 2 saturated heterocycles. The van der Waals surface area contributed by atoms with Crippen molar-refractivity contribution in [2.24, 2.45) is 17.8 Å². The highest BCUT2D eigenvalue weighted by atomic mass is 19.1. The second kappa shape index (κ2) is 8.79. The van der Waals surface area contributed by atoms with Crippen LogP contribution in [0.25, 0.3) is 6.08 Å². The lowest BCUT2D eigenvalue weighted by atomic mass is 9.73. The number of hydrogen-bond donors (Lipinski definition) is 3. The molecule has 0 radical (unpaired) electrons.